The minimum absolute atomic E-state index is 0.0398. The Hall–Kier alpha value is -4.24. The maximum Gasteiger partial charge on any atom is 0.301 e. The number of rotatable bonds is 7. The van der Waals surface area contributed by atoms with Gasteiger partial charge >= 0.3 is 5.91 Å². The van der Waals surface area contributed by atoms with Gasteiger partial charge in [-0.25, -0.2) is 4.98 Å². The molecule has 1 atom stereocenters. The molecule has 1 amide bonds. The highest BCUT2D eigenvalue weighted by Crippen LogP contribution is 2.44. The highest BCUT2D eigenvalue weighted by atomic mass is 32.1. The summed E-state index contributed by atoms with van der Waals surface area (Å²) in [5.41, 5.74) is 2.07. The van der Waals surface area contributed by atoms with Crippen molar-refractivity contribution < 1.29 is 24.2 Å². The van der Waals surface area contributed by atoms with Gasteiger partial charge in [-0.3, -0.25) is 19.5 Å². The molecule has 1 fully saturated rings. The van der Waals surface area contributed by atoms with E-state index in [0.29, 0.717) is 46.6 Å². The maximum absolute atomic E-state index is 13.6. The zero-order valence-corrected chi connectivity index (χ0v) is 23.9. The third kappa shape index (κ3) is 4.93. The Labute approximate surface area is 236 Å². The van der Waals surface area contributed by atoms with E-state index >= 15 is 0 Å². The average Bonchev–Trinajstić information content (AvgIpc) is 3.46. The van der Waals surface area contributed by atoms with Gasteiger partial charge in [-0.2, -0.15) is 0 Å². The zero-order chi connectivity index (χ0) is 28.6. The van der Waals surface area contributed by atoms with Crippen LogP contribution >= 0.6 is 11.3 Å². The third-order valence-corrected chi connectivity index (χ3v) is 7.66. The summed E-state index contributed by atoms with van der Waals surface area (Å²) in [6.07, 6.45) is 1.59. The summed E-state index contributed by atoms with van der Waals surface area (Å²) in [5.74, 6) is -0.450. The van der Waals surface area contributed by atoms with E-state index in [2.05, 4.69) is 9.97 Å². The van der Waals surface area contributed by atoms with Gasteiger partial charge in [0.25, 0.3) is 5.78 Å². The predicted octanol–water partition coefficient (Wildman–Crippen LogP) is 6.41. The zero-order valence-electron chi connectivity index (χ0n) is 23.1. The van der Waals surface area contributed by atoms with E-state index in [1.165, 1.54) is 16.2 Å². The van der Waals surface area contributed by atoms with Crippen molar-refractivity contribution in [1.82, 2.24) is 9.97 Å². The Balaban J connectivity index is 1.68. The molecule has 0 aliphatic carbocycles. The maximum atomic E-state index is 13.6. The molecule has 0 spiro atoms. The number of benzene rings is 2. The number of fused-ring (bicyclic) bond motifs is 1. The molecule has 0 radical (unpaired) electrons. The Kier molecular flexibility index (Phi) is 7.33. The lowest BCUT2D eigenvalue weighted by Gasteiger charge is -2.24. The van der Waals surface area contributed by atoms with Gasteiger partial charge in [0.2, 0.25) is 0 Å². The number of hydrogen-bond acceptors (Lipinski definition) is 8. The number of anilines is 1. The van der Waals surface area contributed by atoms with Crippen molar-refractivity contribution in [3.05, 3.63) is 83.2 Å². The summed E-state index contributed by atoms with van der Waals surface area (Å²) < 4.78 is 12.3. The van der Waals surface area contributed by atoms with Crippen LogP contribution in [0.4, 0.5) is 5.13 Å². The first kappa shape index (κ1) is 27.3. The van der Waals surface area contributed by atoms with Crippen molar-refractivity contribution in [3.63, 3.8) is 0 Å². The number of carbonyl (C=O) groups is 2. The number of pyridine rings is 1. The number of aliphatic hydroxyl groups excluding tert-OH is 1. The monoisotopic (exact) mass is 557 g/mol. The molecule has 1 aliphatic heterocycles. The van der Waals surface area contributed by atoms with Crippen molar-refractivity contribution in [1.29, 1.82) is 0 Å². The molecule has 1 unspecified atom stereocenters. The summed E-state index contributed by atoms with van der Waals surface area (Å²) in [4.78, 5) is 37.6. The number of ketones is 1. The van der Waals surface area contributed by atoms with Gasteiger partial charge in [-0.1, -0.05) is 38.2 Å². The van der Waals surface area contributed by atoms with Gasteiger partial charge in [0, 0.05) is 17.3 Å². The molecule has 5 rings (SSSR count). The van der Waals surface area contributed by atoms with Crippen molar-refractivity contribution in [2.24, 2.45) is 0 Å². The van der Waals surface area contributed by atoms with E-state index in [1.807, 2.05) is 58.9 Å². The van der Waals surface area contributed by atoms with Crippen LogP contribution < -0.4 is 14.4 Å². The van der Waals surface area contributed by atoms with E-state index in [9.17, 15) is 14.7 Å². The summed E-state index contributed by atoms with van der Waals surface area (Å²) in [7, 11) is 0. The summed E-state index contributed by atoms with van der Waals surface area (Å²) in [5, 5.41) is 12.0. The van der Waals surface area contributed by atoms with Crippen LogP contribution in [0.5, 0.6) is 11.5 Å². The number of thiazole rings is 1. The SMILES string of the molecule is CCOc1ccc2nc(N3C(=O)C(=O)/C(=C(/O)c4ccc(OCC)c(C(C)(C)C)c4)C3c3ccccn3)sc2c1. The Morgan fingerprint density at radius 2 is 1.80 bits per heavy atom. The van der Waals surface area contributed by atoms with Crippen LogP contribution in [-0.4, -0.2) is 40.0 Å². The van der Waals surface area contributed by atoms with Crippen LogP contribution in [0.1, 0.15) is 57.5 Å². The number of Topliss-reactive ketones (excluding diaryl/α,β-unsaturated/α-hetero) is 1. The summed E-state index contributed by atoms with van der Waals surface area (Å²) >= 11 is 1.27. The van der Waals surface area contributed by atoms with Crippen molar-refractivity contribution in [2.75, 3.05) is 18.1 Å². The lowest BCUT2D eigenvalue weighted by Crippen LogP contribution is -2.29. The Bertz CT molecular complexity index is 1620. The standard InChI is InChI=1S/C31H31N3O5S/c1-6-38-19-12-13-21-24(17-19)40-30(33-21)34-26(22-10-8-9-15-32-22)25(28(36)29(34)37)27(35)18-11-14-23(39-7-2)20(16-18)31(3,4)5/h8-17,26,35H,6-7H2,1-5H3/b27-25+. The quantitative estimate of drug-likeness (QED) is 0.159. The molecule has 1 saturated heterocycles. The summed E-state index contributed by atoms with van der Waals surface area (Å²) in [6, 6.07) is 15.1. The fourth-order valence-corrected chi connectivity index (χ4v) is 5.82. The summed E-state index contributed by atoms with van der Waals surface area (Å²) in [6.45, 7) is 11.0. The first-order chi connectivity index (χ1) is 19.1. The number of nitrogens with zero attached hydrogens (tertiary/aromatic N) is 3. The molecule has 3 heterocycles. The van der Waals surface area contributed by atoms with Gasteiger partial charge < -0.3 is 14.6 Å². The van der Waals surface area contributed by atoms with Crippen molar-refractivity contribution in [2.45, 2.75) is 46.1 Å². The minimum Gasteiger partial charge on any atom is -0.507 e. The average molecular weight is 558 g/mol. The van der Waals surface area contributed by atoms with E-state index < -0.39 is 17.7 Å². The Morgan fingerprint density at radius 3 is 2.48 bits per heavy atom. The molecule has 0 saturated carbocycles. The number of aliphatic hydroxyl groups is 1. The topological polar surface area (TPSA) is 102 Å². The molecule has 9 heteroatoms. The first-order valence-corrected chi connectivity index (χ1v) is 14.0. The van der Waals surface area contributed by atoms with Gasteiger partial charge in [0.15, 0.2) is 5.13 Å². The second-order valence-electron chi connectivity index (χ2n) is 10.4. The van der Waals surface area contributed by atoms with Crippen LogP contribution in [0, 0.1) is 0 Å². The predicted molar refractivity (Wildman–Crippen MR) is 156 cm³/mol. The molecule has 2 aromatic carbocycles. The van der Waals surface area contributed by atoms with Gasteiger partial charge in [-0.15, -0.1) is 0 Å². The van der Waals surface area contributed by atoms with E-state index in [4.69, 9.17) is 9.47 Å². The van der Waals surface area contributed by atoms with E-state index in [-0.39, 0.29) is 16.7 Å². The number of hydrogen-bond donors (Lipinski definition) is 1. The largest absolute Gasteiger partial charge is 0.507 e. The smallest absolute Gasteiger partial charge is 0.301 e. The van der Waals surface area contributed by atoms with Gasteiger partial charge in [-0.05, 0) is 67.8 Å². The molecule has 206 valence electrons. The molecule has 8 nitrogen and oxygen atoms in total. The fraction of sp³-hybridized carbons (Fsp3) is 0.290. The highest BCUT2D eigenvalue weighted by molar-refractivity contribution is 7.22. The molecule has 0 bridgehead atoms. The second kappa shape index (κ2) is 10.7. The lowest BCUT2D eigenvalue weighted by molar-refractivity contribution is -0.132. The molecule has 2 aromatic heterocycles. The molecule has 1 aliphatic rings. The van der Waals surface area contributed by atoms with Crippen LogP contribution in [0.15, 0.2) is 66.4 Å². The highest BCUT2D eigenvalue weighted by Gasteiger charge is 2.49. The number of amides is 1. The third-order valence-electron chi connectivity index (χ3n) is 6.64. The van der Waals surface area contributed by atoms with Crippen LogP contribution in [-0.2, 0) is 15.0 Å². The Morgan fingerprint density at radius 1 is 1.02 bits per heavy atom. The molecule has 40 heavy (non-hydrogen) atoms. The number of ether oxygens (including phenoxy) is 2. The second-order valence-corrected chi connectivity index (χ2v) is 11.4. The fourth-order valence-electron chi connectivity index (χ4n) is 4.80. The van der Waals surface area contributed by atoms with Gasteiger partial charge in [0.05, 0.1) is 34.7 Å². The van der Waals surface area contributed by atoms with Crippen molar-refractivity contribution in [3.8, 4) is 11.5 Å². The van der Waals surface area contributed by atoms with Gasteiger partial charge in [0.1, 0.15) is 23.3 Å². The van der Waals surface area contributed by atoms with Crippen LogP contribution in [0.2, 0.25) is 0 Å². The molecular weight excluding hydrogens is 526 g/mol. The number of carbonyl (C=O) groups excluding carboxylic acids is 2. The first-order valence-electron chi connectivity index (χ1n) is 13.2. The lowest BCUT2D eigenvalue weighted by atomic mass is 9.84. The number of aromatic nitrogens is 2. The van der Waals surface area contributed by atoms with Crippen LogP contribution in [0.3, 0.4) is 0 Å². The molecule has 4 aromatic rings. The van der Waals surface area contributed by atoms with E-state index in [1.54, 1.807) is 36.5 Å². The van der Waals surface area contributed by atoms with Crippen LogP contribution in [0.25, 0.3) is 16.0 Å². The van der Waals surface area contributed by atoms with E-state index in [0.717, 1.165) is 10.3 Å². The van der Waals surface area contributed by atoms with Crippen molar-refractivity contribution >= 4 is 44.1 Å². The normalized spacial score (nSPS) is 17.0. The minimum atomic E-state index is -0.960. The molecule has 1 N–H and O–H groups in total. The molecular formula is C31H31N3O5S.